The molecule has 0 atom stereocenters. The van der Waals surface area contributed by atoms with E-state index in [-0.39, 0.29) is 0 Å². The van der Waals surface area contributed by atoms with Crippen LogP contribution in [0.4, 0.5) is 0 Å². The molecule has 3 rings (SSSR count). The molecule has 0 spiro atoms. The number of hydrogen-bond donors (Lipinski definition) is 0. The van der Waals surface area contributed by atoms with E-state index in [4.69, 9.17) is 0 Å². The van der Waals surface area contributed by atoms with E-state index >= 15 is 0 Å². The Kier molecular flexibility index (Phi) is 3.01. The lowest BCUT2D eigenvalue weighted by Crippen LogP contribution is -2.07. The number of hydrogen-bond acceptors (Lipinski definition) is 2. The van der Waals surface area contributed by atoms with Crippen molar-refractivity contribution in [2.75, 3.05) is 0 Å². The van der Waals surface area contributed by atoms with E-state index in [0.717, 1.165) is 16.7 Å². The number of rotatable bonds is 3. The number of aromatic nitrogens is 4. The van der Waals surface area contributed by atoms with Gasteiger partial charge in [0, 0.05) is 12.4 Å². The van der Waals surface area contributed by atoms with Gasteiger partial charge in [-0.3, -0.25) is 9.36 Å². The van der Waals surface area contributed by atoms with Crippen molar-refractivity contribution in [3.63, 3.8) is 0 Å². The van der Waals surface area contributed by atoms with Gasteiger partial charge in [0.1, 0.15) is 0 Å². The van der Waals surface area contributed by atoms with Crippen LogP contribution in [0, 0.1) is 0 Å². The molecule has 2 aromatic heterocycles. The van der Waals surface area contributed by atoms with Crippen LogP contribution in [-0.4, -0.2) is 19.6 Å². The van der Waals surface area contributed by atoms with Gasteiger partial charge in [0.2, 0.25) is 0 Å². The maximum absolute atomic E-state index is 4.64. The van der Waals surface area contributed by atoms with Gasteiger partial charge in [-0.15, -0.1) is 0 Å². The molecule has 2 heterocycles. The molecule has 0 aliphatic heterocycles. The van der Waals surface area contributed by atoms with Crippen LogP contribution in [-0.2, 0) is 6.54 Å². The number of halogens is 1. The molecular formula is C12H15BrN4. The molecule has 90 valence electrons. The van der Waals surface area contributed by atoms with Crippen LogP contribution in [0.1, 0.15) is 37.4 Å². The van der Waals surface area contributed by atoms with Crippen molar-refractivity contribution in [1.29, 1.82) is 0 Å². The molecule has 1 aliphatic carbocycles. The molecule has 5 heteroatoms. The summed E-state index contributed by atoms with van der Waals surface area (Å²) in [5, 5.41) is 8.88. The highest BCUT2D eigenvalue weighted by atomic mass is 79.9. The first-order chi connectivity index (χ1) is 8.31. The molecule has 0 radical (unpaired) electrons. The normalized spacial score (nSPS) is 16.8. The minimum Gasteiger partial charge on any atom is -0.269 e. The Morgan fingerprint density at radius 3 is 2.88 bits per heavy atom. The summed E-state index contributed by atoms with van der Waals surface area (Å²) < 4.78 is 5.03. The van der Waals surface area contributed by atoms with Crippen LogP contribution >= 0.6 is 15.9 Å². The lowest BCUT2D eigenvalue weighted by Gasteiger charge is -2.08. The van der Waals surface area contributed by atoms with Crippen LogP contribution in [0.15, 0.2) is 29.1 Å². The molecule has 17 heavy (non-hydrogen) atoms. The van der Waals surface area contributed by atoms with Gasteiger partial charge < -0.3 is 0 Å². The summed E-state index contributed by atoms with van der Waals surface area (Å²) in [5.74, 6) is 0. The average Bonchev–Trinajstić information content (AvgIpc) is 3.00. The quantitative estimate of drug-likeness (QED) is 0.872. The highest BCUT2D eigenvalue weighted by Crippen LogP contribution is 2.28. The third-order valence-electron chi connectivity index (χ3n) is 3.29. The second kappa shape index (κ2) is 4.64. The summed E-state index contributed by atoms with van der Waals surface area (Å²) in [6.45, 7) is 0.741. The summed E-state index contributed by atoms with van der Waals surface area (Å²) in [5.41, 5.74) is 1.08. The van der Waals surface area contributed by atoms with Gasteiger partial charge in [0.05, 0.1) is 29.0 Å². The van der Waals surface area contributed by atoms with Crippen molar-refractivity contribution in [3.05, 3.63) is 34.8 Å². The van der Waals surface area contributed by atoms with Gasteiger partial charge >= 0.3 is 0 Å². The average molecular weight is 295 g/mol. The molecule has 0 bridgehead atoms. The van der Waals surface area contributed by atoms with E-state index in [2.05, 4.69) is 43.1 Å². The van der Waals surface area contributed by atoms with Gasteiger partial charge in [0.15, 0.2) is 0 Å². The minimum atomic E-state index is 0.619. The Labute approximate surface area is 109 Å². The first kappa shape index (κ1) is 11.0. The van der Waals surface area contributed by atoms with E-state index < -0.39 is 0 Å². The van der Waals surface area contributed by atoms with E-state index in [1.54, 1.807) is 6.20 Å². The third kappa shape index (κ3) is 2.44. The van der Waals surface area contributed by atoms with Crippen molar-refractivity contribution in [2.45, 2.75) is 38.3 Å². The van der Waals surface area contributed by atoms with Gasteiger partial charge in [-0.25, -0.2) is 0 Å². The molecule has 4 nitrogen and oxygen atoms in total. The topological polar surface area (TPSA) is 35.6 Å². The monoisotopic (exact) mass is 294 g/mol. The highest BCUT2D eigenvalue weighted by molar-refractivity contribution is 9.10. The molecule has 0 N–H and O–H groups in total. The second-order valence-corrected chi connectivity index (χ2v) is 5.50. The van der Waals surface area contributed by atoms with Crippen LogP contribution in [0.5, 0.6) is 0 Å². The van der Waals surface area contributed by atoms with Crippen molar-refractivity contribution in [2.24, 2.45) is 0 Å². The van der Waals surface area contributed by atoms with Crippen LogP contribution in [0.25, 0.3) is 0 Å². The molecule has 0 amide bonds. The summed E-state index contributed by atoms with van der Waals surface area (Å²) in [6.07, 6.45) is 11.1. The summed E-state index contributed by atoms with van der Waals surface area (Å²) in [4.78, 5) is 0. The van der Waals surface area contributed by atoms with Crippen molar-refractivity contribution < 1.29 is 0 Å². The molecule has 0 saturated heterocycles. The van der Waals surface area contributed by atoms with Crippen molar-refractivity contribution in [3.8, 4) is 0 Å². The fourth-order valence-electron chi connectivity index (χ4n) is 2.42. The van der Waals surface area contributed by atoms with Crippen molar-refractivity contribution in [1.82, 2.24) is 19.6 Å². The Morgan fingerprint density at radius 1 is 1.35 bits per heavy atom. The highest BCUT2D eigenvalue weighted by Gasteiger charge is 2.17. The Hall–Kier alpha value is -1.10. The Bertz CT molecular complexity index is 496. The first-order valence-electron chi connectivity index (χ1n) is 6.03. The second-order valence-electron chi connectivity index (χ2n) is 4.58. The smallest absolute Gasteiger partial charge is 0.0850 e. The zero-order chi connectivity index (χ0) is 11.7. The molecule has 1 aliphatic rings. The minimum absolute atomic E-state index is 0.619. The van der Waals surface area contributed by atoms with E-state index in [1.165, 1.54) is 25.7 Å². The van der Waals surface area contributed by atoms with E-state index in [1.807, 2.05) is 10.9 Å². The first-order valence-corrected chi connectivity index (χ1v) is 6.82. The van der Waals surface area contributed by atoms with Gasteiger partial charge in [-0.1, -0.05) is 12.8 Å². The Balaban J connectivity index is 1.71. The van der Waals surface area contributed by atoms with E-state index in [0.29, 0.717) is 6.04 Å². The molecule has 0 unspecified atom stereocenters. The van der Waals surface area contributed by atoms with Crippen LogP contribution in [0.3, 0.4) is 0 Å². The predicted octanol–water partition coefficient (Wildman–Crippen LogP) is 3.01. The zero-order valence-corrected chi connectivity index (χ0v) is 11.2. The van der Waals surface area contributed by atoms with Crippen LogP contribution in [0.2, 0.25) is 0 Å². The van der Waals surface area contributed by atoms with Gasteiger partial charge in [-0.05, 0) is 34.8 Å². The molecule has 1 fully saturated rings. The van der Waals surface area contributed by atoms with Gasteiger partial charge in [0.25, 0.3) is 0 Å². The fraction of sp³-hybridized carbons (Fsp3) is 0.500. The largest absolute Gasteiger partial charge is 0.269 e. The third-order valence-corrected chi connectivity index (χ3v) is 3.70. The lowest BCUT2D eigenvalue weighted by atomic mass is 10.3. The summed E-state index contributed by atoms with van der Waals surface area (Å²) in [7, 11) is 0. The predicted molar refractivity (Wildman–Crippen MR) is 68.8 cm³/mol. The molecular weight excluding hydrogens is 280 g/mol. The zero-order valence-electron chi connectivity index (χ0n) is 9.59. The molecule has 1 saturated carbocycles. The van der Waals surface area contributed by atoms with Crippen molar-refractivity contribution >= 4 is 15.9 Å². The Morgan fingerprint density at radius 2 is 2.18 bits per heavy atom. The fourth-order valence-corrected chi connectivity index (χ4v) is 2.75. The molecule has 0 aromatic carbocycles. The molecule has 2 aromatic rings. The van der Waals surface area contributed by atoms with Crippen LogP contribution < -0.4 is 0 Å². The van der Waals surface area contributed by atoms with E-state index in [9.17, 15) is 0 Å². The summed E-state index contributed by atoms with van der Waals surface area (Å²) in [6, 6.07) is 2.71. The lowest BCUT2D eigenvalue weighted by molar-refractivity contribution is 0.460. The SMILES string of the molecule is Brc1cnn(Cc2ccn(C3CCCC3)n2)c1. The maximum atomic E-state index is 4.64. The standard InChI is InChI=1S/C12H15BrN4/c13-10-7-14-16(8-10)9-11-5-6-17(15-11)12-3-1-2-4-12/h5-8,12H,1-4,9H2. The maximum Gasteiger partial charge on any atom is 0.0850 e. The number of nitrogens with zero attached hydrogens (tertiary/aromatic N) is 4. The van der Waals surface area contributed by atoms with Gasteiger partial charge in [-0.2, -0.15) is 10.2 Å². The summed E-state index contributed by atoms with van der Waals surface area (Å²) >= 11 is 3.40.